The predicted octanol–water partition coefficient (Wildman–Crippen LogP) is 0.639. The number of nitrogens with one attached hydrogen (secondary N) is 1. The van der Waals surface area contributed by atoms with Gasteiger partial charge in [0.25, 0.3) is 5.91 Å². The van der Waals surface area contributed by atoms with Crippen molar-refractivity contribution in [3.8, 4) is 0 Å². The number of aliphatic hydroxyl groups excluding tert-OH is 2. The number of nitrogen functional groups attached to an aromatic ring is 1. The number of benzene rings is 1. The first-order chi connectivity index (χ1) is 8.58. The molecule has 100 valence electrons. The van der Waals surface area contributed by atoms with Gasteiger partial charge < -0.3 is 10.2 Å². The monoisotopic (exact) mass is 334 g/mol. The van der Waals surface area contributed by atoms with Crippen molar-refractivity contribution in [3.05, 3.63) is 33.8 Å². The summed E-state index contributed by atoms with van der Waals surface area (Å²) in [5.41, 5.74) is 3.56. The molecule has 5 nitrogen and oxygen atoms in total. The topological polar surface area (TPSA) is 95.6 Å². The summed E-state index contributed by atoms with van der Waals surface area (Å²) in [7, 11) is 0. The van der Waals surface area contributed by atoms with E-state index in [9.17, 15) is 9.90 Å². The van der Waals surface area contributed by atoms with Gasteiger partial charge in [-0.15, -0.1) is 0 Å². The van der Waals surface area contributed by atoms with Gasteiger partial charge in [-0.05, 0) is 17.7 Å². The Morgan fingerprint density at radius 1 is 1.56 bits per heavy atom. The lowest BCUT2D eigenvalue weighted by Gasteiger charge is -2.09. The molecular formula is C11H15BrN2O3S. The van der Waals surface area contributed by atoms with Crippen molar-refractivity contribution in [1.82, 2.24) is 5.43 Å². The van der Waals surface area contributed by atoms with Crippen molar-refractivity contribution in [2.75, 3.05) is 12.4 Å². The van der Waals surface area contributed by atoms with Crippen molar-refractivity contribution in [1.29, 1.82) is 0 Å². The third-order valence-electron chi connectivity index (χ3n) is 2.22. The van der Waals surface area contributed by atoms with E-state index < -0.39 is 6.10 Å². The van der Waals surface area contributed by atoms with Crippen LogP contribution in [0.2, 0.25) is 0 Å². The van der Waals surface area contributed by atoms with Crippen LogP contribution < -0.4 is 11.3 Å². The number of hydrogen-bond acceptors (Lipinski definition) is 5. The van der Waals surface area contributed by atoms with E-state index in [1.807, 2.05) is 6.07 Å². The SMILES string of the molecule is NNC(=O)c1ccc(CSCC(O)CO)c(Br)c1. The van der Waals surface area contributed by atoms with Gasteiger partial charge in [0.1, 0.15) is 0 Å². The molecule has 7 heteroatoms. The van der Waals surface area contributed by atoms with E-state index in [-0.39, 0.29) is 12.5 Å². The number of hydrazine groups is 1. The maximum absolute atomic E-state index is 11.3. The Bertz CT molecular complexity index is 417. The van der Waals surface area contributed by atoms with Crippen LogP contribution in [0, 0.1) is 0 Å². The lowest BCUT2D eigenvalue weighted by molar-refractivity contribution is 0.0953. The summed E-state index contributed by atoms with van der Waals surface area (Å²) in [5.74, 6) is 5.86. The molecule has 1 rings (SSSR count). The van der Waals surface area contributed by atoms with E-state index in [4.69, 9.17) is 10.9 Å². The number of amides is 1. The molecule has 1 atom stereocenters. The highest BCUT2D eigenvalue weighted by Crippen LogP contribution is 2.23. The Hall–Kier alpha value is -0.600. The molecule has 5 N–H and O–H groups in total. The van der Waals surface area contributed by atoms with Crippen molar-refractivity contribution in [2.24, 2.45) is 5.84 Å². The van der Waals surface area contributed by atoms with Crippen molar-refractivity contribution >= 4 is 33.6 Å². The minimum absolute atomic E-state index is 0.232. The van der Waals surface area contributed by atoms with Gasteiger partial charge in [0.15, 0.2) is 0 Å². The zero-order valence-corrected chi connectivity index (χ0v) is 12.0. The summed E-state index contributed by atoms with van der Waals surface area (Å²) in [4.78, 5) is 11.3. The van der Waals surface area contributed by atoms with Crippen LogP contribution >= 0.6 is 27.7 Å². The maximum Gasteiger partial charge on any atom is 0.265 e. The van der Waals surface area contributed by atoms with Crippen molar-refractivity contribution in [3.63, 3.8) is 0 Å². The molecule has 0 aliphatic heterocycles. The van der Waals surface area contributed by atoms with E-state index >= 15 is 0 Å². The van der Waals surface area contributed by atoms with Crippen LogP contribution in [0.1, 0.15) is 15.9 Å². The van der Waals surface area contributed by atoms with Crippen LogP contribution in [0.3, 0.4) is 0 Å². The number of rotatable bonds is 6. The fourth-order valence-corrected chi connectivity index (χ4v) is 2.92. The number of nitrogens with two attached hydrogens (primary N) is 1. The Labute approximate surface area is 118 Å². The predicted molar refractivity (Wildman–Crippen MR) is 75.1 cm³/mol. The molecule has 0 saturated heterocycles. The minimum Gasteiger partial charge on any atom is -0.394 e. The molecule has 1 unspecified atom stereocenters. The summed E-state index contributed by atoms with van der Waals surface area (Å²) in [6, 6.07) is 5.21. The fourth-order valence-electron chi connectivity index (χ4n) is 1.25. The van der Waals surface area contributed by atoms with E-state index in [2.05, 4.69) is 21.4 Å². The first-order valence-corrected chi connectivity index (χ1v) is 7.19. The van der Waals surface area contributed by atoms with Gasteiger partial charge in [0.05, 0.1) is 12.7 Å². The minimum atomic E-state index is -0.698. The van der Waals surface area contributed by atoms with Gasteiger partial charge in [-0.3, -0.25) is 10.2 Å². The van der Waals surface area contributed by atoms with Crippen LogP contribution in [0.15, 0.2) is 22.7 Å². The molecule has 1 aromatic rings. The zero-order chi connectivity index (χ0) is 13.5. The highest BCUT2D eigenvalue weighted by molar-refractivity contribution is 9.10. The molecule has 18 heavy (non-hydrogen) atoms. The van der Waals surface area contributed by atoms with Gasteiger partial charge >= 0.3 is 0 Å². The molecule has 0 fully saturated rings. The first kappa shape index (κ1) is 15.5. The summed E-state index contributed by atoms with van der Waals surface area (Å²) in [6.07, 6.45) is -0.698. The molecule has 0 bridgehead atoms. The summed E-state index contributed by atoms with van der Waals surface area (Å²) < 4.78 is 0.814. The normalized spacial score (nSPS) is 12.2. The Kier molecular flexibility index (Phi) is 6.66. The van der Waals surface area contributed by atoms with Gasteiger partial charge in [0, 0.05) is 21.5 Å². The van der Waals surface area contributed by atoms with Gasteiger partial charge in [-0.1, -0.05) is 22.0 Å². The summed E-state index contributed by atoms with van der Waals surface area (Å²) in [6.45, 7) is -0.232. The van der Waals surface area contributed by atoms with Crippen LogP contribution in [0.5, 0.6) is 0 Å². The molecule has 0 spiro atoms. The lowest BCUT2D eigenvalue weighted by Crippen LogP contribution is -2.29. The number of carbonyl (C=O) groups is 1. The van der Waals surface area contributed by atoms with E-state index in [0.717, 1.165) is 10.0 Å². The molecule has 1 aromatic carbocycles. The molecule has 0 saturated carbocycles. The van der Waals surface area contributed by atoms with Crippen molar-refractivity contribution in [2.45, 2.75) is 11.9 Å². The van der Waals surface area contributed by atoms with Crippen LogP contribution in [0.25, 0.3) is 0 Å². The zero-order valence-electron chi connectivity index (χ0n) is 9.60. The number of aliphatic hydroxyl groups is 2. The lowest BCUT2D eigenvalue weighted by atomic mass is 10.1. The van der Waals surface area contributed by atoms with Gasteiger partial charge in [-0.2, -0.15) is 11.8 Å². The molecule has 1 amide bonds. The quantitative estimate of drug-likeness (QED) is 0.348. The number of hydrogen-bond donors (Lipinski definition) is 4. The number of carbonyl (C=O) groups excluding carboxylic acids is 1. The molecular weight excluding hydrogens is 320 g/mol. The standard InChI is InChI=1S/C11H15BrN2O3S/c12-10-3-7(11(17)14-13)1-2-8(10)5-18-6-9(16)4-15/h1-3,9,15-16H,4-6,13H2,(H,14,17). The Morgan fingerprint density at radius 2 is 2.28 bits per heavy atom. The van der Waals surface area contributed by atoms with Gasteiger partial charge in [-0.25, -0.2) is 5.84 Å². The second kappa shape index (κ2) is 7.75. The Balaban J connectivity index is 2.60. The van der Waals surface area contributed by atoms with Crippen molar-refractivity contribution < 1.29 is 15.0 Å². The third kappa shape index (κ3) is 4.58. The third-order valence-corrected chi connectivity index (χ3v) is 4.10. The van der Waals surface area contributed by atoms with Crippen LogP contribution in [-0.2, 0) is 5.75 Å². The van der Waals surface area contributed by atoms with Crippen LogP contribution in [-0.4, -0.2) is 34.6 Å². The number of halogens is 1. The van der Waals surface area contributed by atoms with Crippen LogP contribution in [0.4, 0.5) is 0 Å². The second-order valence-corrected chi connectivity index (χ2v) is 5.52. The Morgan fingerprint density at radius 3 is 2.83 bits per heavy atom. The fraction of sp³-hybridized carbons (Fsp3) is 0.364. The highest BCUT2D eigenvalue weighted by atomic mass is 79.9. The van der Waals surface area contributed by atoms with E-state index in [0.29, 0.717) is 17.1 Å². The smallest absolute Gasteiger partial charge is 0.265 e. The summed E-state index contributed by atoms with van der Waals surface area (Å²) in [5, 5.41) is 17.9. The number of thioether (sulfide) groups is 1. The molecule has 0 radical (unpaired) electrons. The van der Waals surface area contributed by atoms with Gasteiger partial charge in [0.2, 0.25) is 0 Å². The maximum atomic E-state index is 11.3. The molecule has 0 heterocycles. The highest BCUT2D eigenvalue weighted by Gasteiger charge is 2.08. The average Bonchev–Trinajstić information content (AvgIpc) is 2.39. The van der Waals surface area contributed by atoms with E-state index in [1.54, 1.807) is 12.1 Å². The largest absolute Gasteiger partial charge is 0.394 e. The first-order valence-electron chi connectivity index (χ1n) is 5.24. The second-order valence-electron chi connectivity index (χ2n) is 3.63. The average molecular weight is 335 g/mol. The summed E-state index contributed by atoms with van der Waals surface area (Å²) >= 11 is 4.89. The molecule has 0 aromatic heterocycles. The molecule has 0 aliphatic carbocycles. The van der Waals surface area contributed by atoms with E-state index in [1.165, 1.54) is 11.8 Å². The molecule has 0 aliphatic rings.